The summed E-state index contributed by atoms with van der Waals surface area (Å²) in [5, 5.41) is 12.1. The van der Waals surface area contributed by atoms with Gasteiger partial charge >= 0.3 is 0 Å². The summed E-state index contributed by atoms with van der Waals surface area (Å²) < 4.78 is 10.8. The maximum atomic E-state index is 8.85. The molecule has 0 saturated carbocycles. The van der Waals surface area contributed by atoms with Crippen molar-refractivity contribution in [1.29, 1.82) is 0 Å². The Labute approximate surface area is 102 Å². The van der Waals surface area contributed by atoms with Gasteiger partial charge in [-0.25, -0.2) is 0 Å². The fourth-order valence-corrected chi connectivity index (χ4v) is 1.57. The number of methoxy groups -OCH3 is 1. The van der Waals surface area contributed by atoms with Gasteiger partial charge in [0.15, 0.2) is 0 Å². The number of ether oxygens (including phenoxy) is 2. The Hall–Kier alpha value is -1.55. The van der Waals surface area contributed by atoms with Gasteiger partial charge in [0, 0.05) is 12.7 Å². The molecule has 1 rings (SSSR count). The maximum absolute atomic E-state index is 8.85. The lowest BCUT2D eigenvalue weighted by molar-refractivity contribution is 0.0919. The van der Waals surface area contributed by atoms with Crippen LogP contribution in [0.4, 0.5) is 0 Å². The first-order chi connectivity index (χ1) is 8.08. The van der Waals surface area contributed by atoms with Gasteiger partial charge in [0.25, 0.3) is 0 Å². The van der Waals surface area contributed by atoms with Crippen LogP contribution >= 0.6 is 0 Å². The molecule has 94 valence electrons. The minimum Gasteiger partial charge on any atom is -0.488 e. The predicted molar refractivity (Wildman–Crippen MR) is 67.1 cm³/mol. The maximum Gasteiger partial charge on any atom is 0.129 e. The van der Waals surface area contributed by atoms with E-state index in [1.807, 2.05) is 32.0 Å². The quantitative estimate of drug-likeness (QED) is 0.486. The van der Waals surface area contributed by atoms with Crippen molar-refractivity contribution in [1.82, 2.24) is 0 Å². The first-order valence-electron chi connectivity index (χ1n) is 5.53. The van der Waals surface area contributed by atoms with Gasteiger partial charge in [0.2, 0.25) is 0 Å². The number of benzene rings is 1. The molecule has 0 heterocycles. The van der Waals surface area contributed by atoms with E-state index in [1.54, 1.807) is 14.0 Å². The lowest BCUT2D eigenvalue weighted by Gasteiger charge is -2.16. The average Bonchev–Trinajstić information content (AvgIpc) is 2.30. The lowest BCUT2D eigenvalue weighted by Crippen LogP contribution is -2.19. The molecule has 1 aromatic carbocycles. The molecule has 0 aromatic heterocycles. The van der Waals surface area contributed by atoms with Crippen LogP contribution in [0.3, 0.4) is 0 Å². The smallest absolute Gasteiger partial charge is 0.129 e. The summed E-state index contributed by atoms with van der Waals surface area (Å²) in [6, 6.07) is 5.78. The molecule has 0 amide bonds. The van der Waals surface area contributed by atoms with Gasteiger partial charge in [0.1, 0.15) is 11.9 Å². The highest BCUT2D eigenvalue weighted by Gasteiger charge is 2.11. The summed E-state index contributed by atoms with van der Waals surface area (Å²) in [4.78, 5) is 0. The monoisotopic (exact) mass is 237 g/mol. The van der Waals surface area contributed by atoms with Crippen LogP contribution in [0, 0.1) is 6.92 Å². The molecule has 0 saturated heterocycles. The minimum atomic E-state index is -0.0482. The molecule has 4 heteroatoms. The van der Waals surface area contributed by atoms with E-state index in [0.29, 0.717) is 18.1 Å². The van der Waals surface area contributed by atoms with Crippen molar-refractivity contribution in [3.05, 3.63) is 29.3 Å². The van der Waals surface area contributed by atoms with Crippen LogP contribution in [-0.4, -0.2) is 30.7 Å². The Morgan fingerprint density at radius 1 is 1.47 bits per heavy atom. The van der Waals surface area contributed by atoms with E-state index in [2.05, 4.69) is 5.16 Å². The third-order valence-electron chi connectivity index (χ3n) is 2.40. The molecule has 4 nitrogen and oxygen atoms in total. The van der Waals surface area contributed by atoms with Gasteiger partial charge in [-0.1, -0.05) is 16.8 Å². The van der Waals surface area contributed by atoms with Gasteiger partial charge in [-0.05, 0) is 32.9 Å². The zero-order valence-electron chi connectivity index (χ0n) is 10.7. The van der Waals surface area contributed by atoms with Gasteiger partial charge < -0.3 is 14.7 Å². The largest absolute Gasteiger partial charge is 0.488 e. The lowest BCUT2D eigenvalue weighted by atomic mass is 10.1. The van der Waals surface area contributed by atoms with Crippen molar-refractivity contribution in [2.24, 2.45) is 5.16 Å². The zero-order chi connectivity index (χ0) is 12.8. The van der Waals surface area contributed by atoms with E-state index in [1.165, 1.54) is 0 Å². The summed E-state index contributed by atoms with van der Waals surface area (Å²) in [6.07, 6.45) is -0.0482. The van der Waals surface area contributed by atoms with Gasteiger partial charge in [-0.15, -0.1) is 0 Å². The molecule has 1 aromatic rings. The van der Waals surface area contributed by atoms with E-state index in [9.17, 15) is 0 Å². The molecule has 0 radical (unpaired) electrons. The summed E-state index contributed by atoms with van der Waals surface area (Å²) in [5.74, 6) is 0.704. The molecule has 0 spiro atoms. The van der Waals surface area contributed by atoms with Crippen molar-refractivity contribution in [3.63, 3.8) is 0 Å². The topological polar surface area (TPSA) is 51.0 Å². The second-order valence-corrected chi connectivity index (χ2v) is 4.07. The average molecular weight is 237 g/mol. The van der Waals surface area contributed by atoms with Gasteiger partial charge in [0.05, 0.1) is 12.3 Å². The summed E-state index contributed by atoms with van der Waals surface area (Å²) >= 11 is 0. The molecule has 1 atom stereocenters. The van der Waals surface area contributed by atoms with Crippen LogP contribution in [0.1, 0.15) is 25.0 Å². The van der Waals surface area contributed by atoms with Gasteiger partial charge in [-0.2, -0.15) is 0 Å². The molecule has 1 N–H and O–H groups in total. The van der Waals surface area contributed by atoms with Crippen molar-refractivity contribution >= 4 is 5.71 Å². The van der Waals surface area contributed by atoms with Crippen molar-refractivity contribution in [2.75, 3.05) is 13.7 Å². The Balaban J connectivity index is 2.98. The molecule has 1 unspecified atom stereocenters. The van der Waals surface area contributed by atoms with Crippen molar-refractivity contribution in [2.45, 2.75) is 26.9 Å². The van der Waals surface area contributed by atoms with Crippen LogP contribution < -0.4 is 4.74 Å². The molecule has 0 aliphatic heterocycles. The SMILES string of the molecule is COCC(C)Oc1ccc(C)cc1C(C)=NO. The molecular formula is C13H19NO3. The molecular weight excluding hydrogens is 218 g/mol. The highest BCUT2D eigenvalue weighted by Crippen LogP contribution is 2.22. The highest BCUT2D eigenvalue weighted by atomic mass is 16.5. The highest BCUT2D eigenvalue weighted by molar-refractivity contribution is 6.00. The van der Waals surface area contributed by atoms with Crippen LogP contribution in [0.5, 0.6) is 5.75 Å². The fraction of sp³-hybridized carbons (Fsp3) is 0.462. The zero-order valence-corrected chi connectivity index (χ0v) is 10.7. The molecule has 0 bridgehead atoms. The number of nitrogens with zero attached hydrogens (tertiary/aromatic N) is 1. The molecule has 17 heavy (non-hydrogen) atoms. The van der Waals surface area contributed by atoms with E-state index >= 15 is 0 Å². The Morgan fingerprint density at radius 2 is 2.18 bits per heavy atom. The Bertz CT molecular complexity index is 402. The Morgan fingerprint density at radius 3 is 2.76 bits per heavy atom. The third kappa shape index (κ3) is 3.75. The van der Waals surface area contributed by atoms with Crippen LogP contribution in [0.2, 0.25) is 0 Å². The fourth-order valence-electron chi connectivity index (χ4n) is 1.57. The summed E-state index contributed by atoms with van der Waals surface area (Å²) in [7, 11) is 1.64. The second-order valence-electron chi connectivity index (χ2n) is 4.07. The second kappa shape index (κ2) is 6.25. The third-order valence-corrected chi connectivity index (χ3v) is 2.40. The van der Waals surface area contributed by atoms with Crippen molar-refractivity contribution < 1.29 is 14.7 Å². The van der Waals surface area contributed by atoms with Crippen molar-refractivity contribution in [3.8, 4) is 5.75 Å². The number of oxime groups is 1. The molecule has 0 fully saturated rings. The predicted octanol–water partition coefficient (Wildman–Crippen LogP) is 2.61. The Kier molecular flexibility index (Phi) is 4.97. The number of hydrogen-bond acceptors (Lipinski definition) is 4. The van der Waals surface area contributed by atoms with Crippen LogP contribution in [0.15, 0.2) is 23.4 Å². The minimum absolute atomic E-state index is 0.0482. The van der Waals surface area contributed by atoms with E-state index in [4.69, 9.17) is 14.7 Å². The standard InChI is InChI=1S/C13H19NO3/c1-9-5-6-13(17-10(2)8-16-4)12(7-9)11(3)14-15/h5-7,10,15H,8H2,1-4H3. The number of hydrogen-bond donors (Lipinski definition) is 1. The van der Waals surface area contributed by atoms with Gasteiger partial charge in [-0.3, -0.25) is 0 Å². The van der Waals surface area contributed by atoms with E-state index in [-0.39, 0.29) is 6.10 Å². The van der Waals surface area contributed by atoms with E-state index in [0.717, 1.165) is 11.1 Å². The molecule has 0 aliphatic carbocycles. The molecule has 0 aliphatic rings. The van der Waals surface area contributed by atoms with Crippen LogP contribution in [0.25, 0.3) is 0 Å². The summed E-state index contributed by atoms with van der Waals surface area (Å²) in [6.45, 7) is 6.17. The summed E-state index contributed by atoms with van der Waals surface area (Å²) in [5.41, 5.74) is 2.43. The van der Waals surface area contributed by atoms with Crippen LogP contribution in [-0.2, 0) is 4.74 Å². The normalized spacial score (nSPS) is 13.5. The number of aryl methyl sites for hydroxylation is 1. The first kappa shape index (κ1) is 13.5. The number of rotatable bonds is 5. The van der Waals surface area contributed by atoms with E-state index < -0.39 is 0 Å². The first-order valence-corrected chi connectivity index (χ1v) is 5.53.